The molecule has 21 heavy (non-hydrogen) atoms. The van der Waals surface area contributed by atoms with Gasteiger partial charge in [-0.2, -0.15) is 0 Å². The molecular weight excluding hydrogens is 294 g/mol. The van der Waals surface area contributed by atoms with Gasteiger partial charge in [-0.15, -0.1) is 0 Å². The quantitative estimate of drug-likeness (QED) is 0.818. The molecule has 1 aliphatic carbocycles. The van der Waals surface area contributed by atoms with Crippen LogP contribution in [0.4, 0.5) is 0 Å². The van der Waals surface area contributed by atoms with Crippen LogP contribution < -0.4 is 10.1 Å². The van der Waals surface area contributed by atoms with E-state index in [4.69, 9.17) is 21.1 Å². The molecule has 0 saturated heterocycles. The van der Waals surface area contributed by atoms with Crippen molar-refractivity contribution in [2.75, 3.05) is 6.61 Å². The number of benzene rings is 1. The summed E-state index contributed by atoms with van der Waals surface area (Å²) in [5, 5.41) is 3.20. The Hall–Kier alpha value is -1.75. The van der Waals surface area contributed by atoms with Gasteiger partial charge in [-0.1, -0.05) is 17.7 Å². The second-order valence-corrected chi connectivity index (χ2v) is 5.54. The van der Waals surface area contributed by atoms with Crippen molar-refractivity contribution >= 4 is 23.5 Å². The van der Waals surface area contributed by atoms with Gasteiger partial charge in [0.05, 0.1) is 5.02 Å². The molecule has 0 spiro atoms. The largest absolute Gasteiger partial charge is 0.480 e. The highest BCUT2D eigenvalue weighted by molar-refractivity contribution is 6.32. The first-order chi connectivity index (χ1) is 9.95. The number of hydrogen-bond acceptors (Lipinski definition) is 4. The summed E-state index contributed by atoms with van der Waals surface area (Å²) in [6.45, 7) is 3.14. The second-order valence-electron chi connectivity index (χ2n) is 5.14. The van der Waals surface area contributed by atoms with E-state index in [1.165, 1.54) is 6.92 Å². The van der Waals surface area contributed by atoms with Gasteiger partial charge in [0.2, 0.25) is 0 Å². The molecule has 1 aromatic rings. The molecule has 2 rings (SSSR count). The number of aryl methyl sites for hydroxylation is 1. The van der Waals surface area contributed by atoms with Gasteiger partial charge in [0.25, 0.3) is 5.91 Å². The molecule has 1 fully saturated rings. The maximum atomic E-state index is 11.7. The standard InChI is InChI=1S/C15H18ClNO4/c1-9-3-6-12(16)13(7-9)20-8-14(18)21-10(2)15(19)17-11-4-5-11/h3,6-7,10-11H,4-5,8H2,1-2H3,(H,17,19)/t10-/m1/s1. The first-order valence-electron chi connectivity index (χ1n) is 6.84. The fourth-order valence-electron chi connectivity index (χ4n) is 1.69. The van der Waals surface area contributed by atoms with Gasteiger partial charge in [0.1, 0.15) is 5.75 Å². The summed E-state index contributed by atoms with van der Waals surface area (Å²) in [5.41, 5.74) is 0.972. The van der Waals surface area contributed by atoms with E-state index < -0.39 is 12.1 Å². The molecule has 1 aromatic carbocycles. The van der Waals surface area contributed by atoms with E-state index in [0.717, 1.165) is 18.4 Å². The number of nitrogens with one attached hydrogen (secondary N) is 1. The van der Waals surface area contributed by atoms with Crippen LogP contribution in [0.1, 0.15) is 25.3 Å². The Morgan fingerprint density at radius 1 is 1.43 bits per heavy atom. The Morgan fingerprint density at radius 3 is 2.81 bits per heavy atom. The third-order valence-corrected chi connectivity index (χ3v) is 3.35. The van der Waals surface area contributed by atoms with E-state index in [1.54, 1.807) is 12.1 Å². The van der Waals surface area contributed by atoms with Gasteiger partial charge < -0.3 is 14.8 Å². The number of ether oxygens (including phenoxy) is 2. The van der Waals surface area contributed by atoms with Crippen LogP contribution in [0.15, 0.2) is 18.2 Å². The van der Waals surface area contributed by atoms with E-state index in [-0.39, 0.29) is 18.6 Å². The molecule has 1 aliphatic rings. The topological polar surface area (TPSA) is 64.6 Å². The lowest BCUT2D eigenvalue weighted by molar-refractivity contribution is -0.156. The van der Waals surface area contributed by atoms with Crippen LogP contribution in [0, 0.1) is 6.92 Å². The summed E-state index contributed by atoms with van der Waals surface area (Å²) in [6, 6.07) is 5.51. The summed E-state index contributed by atoms with van der Waals surface area (Å²) in [5.74, 6) is -0.464. The van der Waals surface area contributed by atoms with Crippen LogP contribution in [0.25, 0.3) is 0 Å². The van der Waals surface area contributed by atoms with Gasteiger partial charge in [-0.3, -0.25) is 4.79 Å². The van der Waals surface area contributed by atoms with Gasteiger partial charge in [0.15, 0.2) is 12.7 Å². The molecule has 114 valence electrons. The van der Waals surface area contributed by atoms with E-state index in [9.17, 15) is 9.59 Å². The van der Waals surface area contributed by atoms with Crippen LogP contribution in [0.5, 0.6) is 5.75 Å². The zero-order valence-electron chi connectivity index (χ0n) is 12.0. The number of halogens is 1. The third-order valence-electron chi connectivity index (χ3n) is 3.03. The van der Waals surface area contributed by atoms with Crippen molar-refractivity contribution in [3.05, 3.63) is 28.8 Å². The molecule has 1 atom stereocenters. The summed E-state index contributed by atoms with van der Waals surface area (Å²) < 4.78 is 10.3. The van der Waals surface area contributed by atoms with E-state index >= 15 is 0 Å². The van der Waals surface area contributed by atoms with Crippen LogP contribution in [0.2, 0.25) is 5.02 Å². The van der Waals surface area contributed by atoms with Crippen LogP contribution in [0.3, 0.4) is 0 Å². The lowest BCUT2D eigenvalue weighted by Crippen LogP contribution is -2.37. The Bertz CT molecular complexity index is 542. The zero-order chi connectivity index (χ0) is 15.4. The summed E-state index contributed by atoms with van der Waals surface area (Å²) >= 11 is 5.96. The molecule has 0 aromatic heterocycles. The number of rotatable bonds is 6. The Kier molecular flexibility index (Phi) is 5.07. The predicted octanol–water partition coefficient (Wildman–Crippen LogP) is 2.24. The van der Waals surface area contributed by atoms with E-state index in [2.05, 4.69) is 5.32 Å². The number of esters is 1. The first-order valence-corrected chi connectivity index (χ1v) is 7.22. The number of amides is 1. The SMILES string of the molecule is Cc1ccc(Cl)c(OCC(=O)O[C@H](C)C(=O)NC2CC2)c1. The average molecular weight is 312 g/mol. The highest BCUT2D eigenvalue weighted by Crippen LogP contribution is 2.25. The van der Waals surface area contributed by atoms with Gasteiger partial charge >= 0.3 is 5.97 Å². The molecule has 0 unspecified atom stereocenters. The molecule has 0 aliphatic heterocycles. The first kappa shape index (κ1) is 15.6. The minimum atomic E-state index is -0.824. The van der Waals surface area contributed by atoms with Gasteiger partial charge in [-0.05, 0) is 44.4 Å². The van der Waals surface area contributed by atoms with Crippen molar-refractivity contribution in [3.8, 4) is 5.75 Å². The van der Waals surface area contributed by atoms with Crippen molar-refractivity contribution in [3.63, 3.8) is 0 Å². The van der Waals surface area contributed by atoms with Crippen LogP contribution in [-0.2, 0) is 14.3 Å². The highest BCUT2D eigenvalue weighted by atomic mass is 35.5. The minimum Gasteiger partial charge on any atom is -0.480 e. The molecule has 0 bridgehead atoms. The van der Waals surface area contributed by atoms with E-state index in [1.807, 2.05) is 13.0 Å². The highest BCUT2D eigenvalue weighted by Gasteiger charge is 2.27. The summed E-state index contributed by atoms with van der Waals surface area (Å²) in [7, 11) is 0. The van der Waals surface area contributed by atoms with Crippen molar-refractivity contribution in [2.45, 2.75) is 38.8 Å². The average Bonchev–Trinajstić information content (AvgIpc) is 3.23. The van der Waals surface area contributed by atoms with Gasteiger partial charge in [-0.25, -0.2) is 4.79 Å². The number of carbonyl (C=O) groups is 2. The van der Waals surface area contributed by atoms with Crippen molar-refractivity contribution in [1.82, 2.24) is 5.32 Å². The maximum absolute atomic E-state index is 11.7. The smallest absolute Gasteiger partial charge is 0.344 e. The van der Waals surface area contributed by atoms with Gasteiger partial charge in [0, 0.05) is 6.04 Å². The molecule has 6 heteroatoms. The lowest BCUT2D eigenvalue weighted by Gasteiger charge is -2.14. The molecule has 1 amide bonds. The number of hydrogen-bond donors (Lipinski definition) is 1. The zero-order valence-corrected chi connectivity index (χ0v) is 12.8. The second kappa shape index (κ2) is 6.80. The van der Waals surface area contributed by atoms with Crippen LogP contribution >= 0.6 is 11.6 Å². The summed E-state index contributed by atoms with van der Waals surface area (Å²) in [6.07, 6.45) is 1.15. The normalized spacial score (nSPS) is 15.2. The summed E-state index contributed by atoms with van der Waals surface area (Å²) in [4.78, 5) is 23.3. The maximum Gasteiger partial charge on any atom is 0.344 e. The molecular formula is C15H18ClNO4. The number of carbonyl (C=O) groups excluding carboxylic acids is 2. The predicted molar refractivity (Wildman–Crippen MR) is 78.4 cm³/mol. The van der Waals surface area contributed by atoms with Crippen molar-refractivity contribution in [2.24, 2.45) is 0 Å². The van der Waals surface area contributed by atoms with Crippen LogP contribution in [-0.4, -0.2) is 30.6 Å². The molecule has 0 heterocycles. The molecule has 1 saturated carbocycles. The minimum absolute atomic E-state index is 0.237. The monoisotopic (exact) mass is 311 g/mol. The molecule has 5 nitrogen and oxygen atoms in total. The Morgan fingerprint density at radius 2 is 2.14 bits per heavy atom. The van der Waals surface area contributed by atoms with Crippen molar-refractivity contribution in [1.29, 1.82) is 0 Å². The third kappa shape index (κ3) is 4.93. The molecule has 0 radical (unpaired) electrons. The van der Waals surface area contributed by atoms with Crippen molar-refractivity contribution < 1.29 is 19.1 Å². The Labute approximate surface area is 128 Å². The fraction of sp³-hybridized carbons (Fsp3) is 0.467. The van der Waals surface area contributed by atoms with E-state index in [0.29, 0.717) is 10.8 Å². The fourth-order valence-corrected chi connectivity index (χ4v) is 1.86. The lowest BCUT2D eigenvalue weighted by atomic mass is 10.2. The Balaban J connectivity index is 1.78. The molecule has 1 N–H and O–H groups in total.